The number of phenolic OH excluding ortho intramolecular Hbond substituents is 1. The van der Waals surface area contributed by atoms with E-state index in [1.165, 1.54) is 39.0 Å². The van der Waals surface area contributed by atoms with E-state index in [9.17, 15) is 9.90 Å². The smallest absolute Gasteiger partial charge is 0.217 e. The molecule has 3 nitrogen and oxygen atoms in total. The predicted molar refractivity (Wildman–Crippen MR) is 93.1 cm³/mol. The summed E-state index contributed by atoms with van der Waals surface area (Å²) >= 11 is 3.60. The second-order valence-corrected chi connectivity index (χ2v) is 8.78. The fraction of sp³-hybridized carbons (Fsp3) is 0.632. The Morgan fingerprint density at radius 2 is 1.78 bits per heavy atom. The second kappa shape index (κ2) is 5.80. The summed E-state index contributed by atoms with van der Waals surface area (Å²) in [5.41, 5.74) is 1.92. The zero-order valence-electron chi connectivity index (χ0n) is 13.5. The molecular formula is C19H24BrNO2. The van der Waals surface area contributed by atoms with E-state index in [-0.39, 0.29) is 5.91 Å². The molecule has 0 spiro atoms. The SMILES string of the molecule is CC(=O)NCc1cc(Br)cc(C2C3CC4CC(C3)CC2C4)c1O. The predicted octanol–water partition coefficient (Wildman–Crippen LogP) is 4.33. The summed E-state index contributed by atoms with van der Waals surface area (Å²) in [7, 11) is 0. The van der Waals surface area contributed by atoms with E-state index < -0.39 is 0 Å². The van der Waals surface area contributed by atoms with E-state index in [0.717, 1.165) is 39.3 Å². The number of rotatable bonds is 3. The Kier molecular flexibility index (Phi) is 3.91. The van der Waals surface area contributed by atoms with Crippen LogP contribution in [0.1, 0.15) is 56.1 Å². The molecule has 0 atom stereocenters. The Morgan fingerprint density at radius 1 is 1.17 bits per heavy atom. The van der Waals surface area contributed by atoms with Crippen LogP contribution in [0.15, 0.2) is 16.6 Å². The summed E-state index contributed by atoms with van der Waals surface area (Å²) in [6, 6.07) is 4.03. The molecule has 4 bridgehead atoms. The van der Waals surface area contributed by atoms with Crippen molar-refractivity contribution in [3.63, 3.8) is 0 Å². The summed E-state index contributed by atoms with van der Waals surface area (Å²) in [5, 5.41) is 13.6. The molecule has 124 valence electrons. The minimum atomic E-state index is -0.0689. The zero-order chi connectivity index (χ0) is 16.1. The summed E-state index contributed by atoms with van der Waals surface area (Å²) in [5.74, 6) is 4.17. The van der Waals surface area contributed by atoms with Crippen molar-refractivity contribution in [2.75, 3.05) is 0 Å². The Hall–Kier alpha value is -1.03. The molecule has 0 saturated heterocycles. The molecule has 23 heavy (non-hydrogen) atoms. The van der Waals surface area contributed by atoms with Gasteiger partial charge in [-0.2, -0.15) is 0 Å². The number of aromatic hydroxyl groups is 1. The number of benzene rings is 1. The van der Waals surface area contributed by atoms with Crippen molar-refractivity contribution in [1.29, 1.82) is 0 Å². The van der Waals surface area contributed by atoms with E-state index >= 15 is 0 Å². The van der Waals surface area contributed by atoms with Crippen molar-refractivity contribution >= 4 is 21.8 Å². The summed E-state index contributed by atoms with van der Waals surface area (Å²) in [6.45, 7) is 1.90. The fourth-order valence-electron chi connectivity index (χ4n) is 5.72. The van der Waals surface area contributed by atoms with E-state index in [2.05, 4.69) is 27.3 Å². The lowest BCUT2D eigenvalue weighted by atomic mass is 9.50. The number of carbonyl (C=O) groups is 1. The maximum Gasteiger partial charge on any atom is 0.217 e. The van der Waals surface area contributed by atoms with Crippen LogP contribution in [0, 0.1) is 23.7 Å². The highest BCUT2D eigenvalue weighted by atomic mass is 79.9. The molecule has 5 rings (SSSR count). The molecule has 0 aliphatic heterocycles. The second-order valence-electron chi connectivity index (χ2n) is 7.87. The Labute approximate surface area is 146 Å². The molecule has 0 unspecified atom stereocenters. The normalized spacial score (nSPS) is 34.6. The van der Waals surface area contributed by atoms with Crippen molar-refractivity contribution in [3.05, 3.63) is 27.7 Å². The first-order valence-corrected chi connectivity index (χ1v) is 9.56. The molecule has 0 radical (unpaired) electrons. The maximum atomic E-state index is 11.2. The van der Waals surface area contributed by atoms with Gasteiger partial charge in [0.05, 0.1) is 0 Å². The molecule has 1 aromatic carbocycles. The summed E-state index contributed by atoms with van der Waals surface area (Å²) < 4.78 is 0.999. The standard InChI is InChI=1S/C19H24BrNO2/c1-10(22)21-9-15-7-16(20)8-17(19(15)23)18-13-3-11-2-12(5-13)6-14(18)4-11/h7-8,11-14,18,23H,2-6,9H2,1H3,(H,21,22). The van der Waals surface area contributed by atoms with Crippen LogP contribution in [-0.4, -0.2) is 11.0 Å². The van der Waals surface area contributed by atoms with Crippen molar-refractivity contribution in [2.24, 2.45) is 23.7 Å². The fourth-order valence-corrected chi connectivity index (χ4v) is 6.24. The van der Waals surface area contributed by atoms with Gasteiger partial charge in [0.2, 0.25) is 5.91 Å². The highest BCUT2D eigenvalue weighted by Gasteiger charge is 2.49. The molecule has 1 amide bonds. The average molecular weight is 378 g/mol. The first-order valence-electron chi connectivity index (χ1n) is 8.77. The Balaban J connectivity index is 1.67. The third-order valence-electron chi connectivity index (χ3n) is 6.30. The number of phenols is 1. The molecule has 4 saturated carbocycles. The number of hydrogen-bond donors (Lipinski definition) is 2. The van der Waals surface area contributed by atoms with Gasteiger partial charge in [0.25, 0.3) is 0 Å². The molecular weight excluding hydrogens is 354 g/mol. The summed E-state index contributed by atoms with van der Waals surface area (Å²) in [6.07, 6.45) is 6.79. The maximum absolute atomic E-state index is 11.2. The average Bonchev–Trinajstić information content (AvgIpc) is 2.47. The van der Waals surface area contributed by atoms with Gasteiger partial charge in [-0.3, -0.25) is 4.79 Å². The van der Waals surface area contributed by atoms with Crippen molar-refractivity contribution in [2.45, 2.75) is 51.5 Å². The van der Waals surface area contributed by atoms with E-state index in [1.54, 1.807) is 0 Å². The third kappa shape index (κ3) is 2.79. The molecule has 0 heterocycles. The first kappa shape index (κ1) is 15.5. The lowest BCUT2D eigenvalue weighted by Gasteiger charge is -2.54. The minimum absolute atomic E-state index is 0.0689. The monoisotopic (exact) mass is 377 g/mol. The molecule has 4 fully saturated rings. The third-order valence-corrected chi connectivity index (χ3v) is 6.75. The number of amides is 1. The number of halogens is 1. The minimum Gasteiger partial charge on any atom is -0.507 e. The van der Waals surface area contributed by atoms with Crippen LogP contribution in [0.25, 0.3) is 0 Å². The van der Waals surface area contributed by atoms with Crippen molar-refractivity contribution in [3.8, 4) is 5.75 Å². The van der Waals surface area contributed by atoms with Crippen LogP contribution >= 0.6 is 15.9 Å². The molecule has 4 aliphatic carbocycles. The molecule has 4 heteroatoms. The van der Waals surface area contributed by atoms with Gasteiger partial charge in [-0.25, -0.2) is 0 Å². The molecule has 4 aliphatic rings. The van der Waals surface area contributed by atoms with Crippen LogP contribution < -0.4 is 5.32 Å². The number of hydrogen-bond acceptors (Lipinski definition) is 2. The highest BCUT2D eigenvalue weighted by Crippen LogP contribution is 2.61. The van der Waals surface area contributed by atoms with Gasteiger partial charge in [0.1, 0.15) is 5.75 Å². The first-order chi connectivity index (χ1) is 11.0. The van der Waals surface area contributed by atoms with Crippen LogP contribution in [0.5, 0.6) is 5.75 Å². The van der Waals surface area contributed by atoms with E-state index in [1.807, 2.05) is 6.07 Å². The summed E-state index contributed by atoms with van der Waals surface area (Å²) in [4.78, 5) is 11.2. The largest absolute Gasteiger partial charge is 0.507 e. The van der Waals surface area contributed by atoms with Gasteiger partial charge in [-0.1, -0.05) is 15.9 Å². The number of nitrogens with one attached hydrogen (secondary N) is 1. The van der Waals surface area contributed by atoms with Crippen LogP contribution in [-0.2, 0) is 11.3 Å². The van der Waals surface area contributed by atoms with E-state index in [4.69, 9.17) is 0 Å². The van der Waals surface area contributed by atoms with Crippen LogP contribution in [0.4, 0.5) is 0 Å². The Bertz CT molecular complexity index is 615. The van der Waals surface area contributed by atoms with Crippen LogP contribution in [0.3, 0.4) is 0 Å². The number of carbonyl (C=O) groups excluding carboxylic acids is 1. The Morgan fingerprint density at radius 3 is 2.35 bits per heavy atom. The lowest BCUT2D eigenvalue weighted by molar-refractivity contribution is -0.119. The van der Waals surface area contributed by atoms with Gasteiger partial charge >= 0.3 is 0 Å². The zero-order valence-corrected chi connectivity index (χ0v) is 15.1. The molecule has 0 aromatic heterocycles. The molecule has 2 N–H and O–H groups in total. The van der Waals surface area contributed by atoms with Gasteiger partial charge in [-0.15, -0.1) is 0 Å². The van der Waals surface area contributed by atoms with Gasteiger partial charge in [-0.05, 0) is 79.4 Å². The highest BCUT2D eigenvalue weighted by molar-refractivity contribution is 9.10. The van der Waals surface area contributed by atoms with Crippen molar-refractivity contribution < 1.29 is 9.90 Å². The van der Waals surface area contributed by atoms with Crippen LogP contribution in [0.2, 0.25) is 0 Å². The topological polar surface area (TPSA) is 49.3 Å². The van der Waals surface area contributed by atoms with E-state index in [0.29, 0.717) is 18.2 Å². The lowest BCUT2D eigenvalue weighted by Crippen LogP contribution is -2.43. The quantitative estimate of drug-likeness (QED) is 0.823. The van der Waals surface area contributed by atoms with Crippen molar-refractivity contribution in [1.82, 2.24) is 5.32 Å². The molecule has 1 aromatic rings. The van der Waals surface area contributed by atoms with Gasteiger partial charge in [0.15, 0.2) is 0 Å². The van der Waals surface area contributed by atoms with Gasteiger partial charge in [0, 0.05) is 23.5 Å². The van der Waals surface area contributed by atoms with Gasteiger partial charge < -0.3 is 10.4 Å².